The smallest absolute Gasteiger partial charge is 0.212 e. The van der Waals surface area contributed by atoms with Gasteiger partial charge in [0.05, 0.1) is 28.2 Å². The van der Waals surface area contributed by atoms with Gasteiger partial charge in [-0.05, 0) is 31.9 Å². The summed E-state index contributed by atoms with van der Waals surface area (Å²) < 4.78 is 7.67. The topological polar surface area (TPSA) is 81.6 Å². The summed E-state index contributed by atoms with van der Waals surface area (Å²) in [6.45, 7) is 5.20. The molecule has 0 aliphatic carbocycles. The Balaban J connectivity index is 1.42. The van der Waals surface area contributed by atoms with Crippen LogP contribution >= 0.6 is 35.0 Å². The van der Waals surface area contributed by atoms with Gasteiger partial charge in [0.2, 0.25) is 5.95 Å². The standard InChI is InChI=1S/C20H22Cl2N6OS/c1-19(23)10-29-11-20(19)5-7-27(8-6-20)18-24-9-15(17-26-25-12-28(17)18)30-14-4-2-3-13(21)16(14)22/h2-4,9,12H,5-8,10-11,23H2,1H3. The molecule has 30 heavy (non-hydrogen) atoms. The highest BCUT2D eigenvalue weighted by atomic mass is 35.5. The molecule has 0 bridgehead atoms. The average Bonchev–Trinajstić information content (AvgIpc) is 3.32. The first-order valence-corrected chi connectivity index (χ1v) is 11.4. The van der Waals surface area contributed by atoms with Gasteiger partial charge in [0.1, 0.15) is 6.33 Å². The maximum absolute atomic E-state index is 6.55. The van der Waals surface area contributed by atoms with Crippen molar-refractivity contribution in [2.45, 2.75) is 35.1 Å². The van der Waals surface area contributed by atoms with Gasteiger partial charge in [-0.3, -0.25) is 0 Å². The van der Waals surface area contributed by atoms with Crippen molar-refractivity contribution in [3.05, 3.63) is 40.8 Å². The average molecular weight is 465 g/mol. The van der Waals surface area contributed by atoms with Gasteiger partial charge in [-0.25, -0.2) is 9.38 Å². The van der Waals surface area contributed by atoms with Crippen molar-refractivity contribution < 1.29 is 4.74 Å². The fourth-order valence-electron chi connectivity index (χ4n) is 4.40. The summed E-state index contributed by atoms with van der Waals surface area (Å²) in [7, 11) is 0. The molecule has 10 heteroatoms. The third kappa shape index (κ3) is 3.26. The molecule has 4 heterocycles. The van der Waals surface area contributed by atoms with Gasteiger partial charge in [0.15, 0.2) is 5.65 Å². The van der Waals surface area contributed by atoms with E-state index in [0.29, 0.717) is 16.7 Å². The number of hydrogen-bond acceptors (Lipinski definition) is 7. The number of rotatable bonds is 3. The highest BCUT2D eigenvalue weighted by Crippen LogP contribution is 2.45. The zero-order chi connectivity index (χ0) is 20.9. The Morgan fingerprint density at radius 3 is 2.70 bits per heavy atom. The number of benzene rings is 1. The van der Waals surface area contributed by atoms with Crippen LogP contribution in [0.4, 0.5) is 5.95 Å². The Hall–Kier alpha value is -1.58. The lowest BCUT2D eigenvalue weighted by Gasteiger charge is -2.45. The molecule has 0 radical (unpaired) electrons. The van der Waals surface area contributed by atoms with Crippen LogP contribution in [0, 0.1) is 5.41 Å². The minimum atomic E-state index is -0.283. The van der Waals surface area contributed by atoms with Gasteiger partial charge in [-0.2, -0.15) is 0 Å². The molecular formula is C20H22Cl2N6OS. The van der Waals surface area contributed by atoms with Gasteiger partial charge in [0.25, 0.3) is 0 Å². The van der Waals surface area contributed by atoms with E-state index in [-0.39, 0.29) is 11.0 Å². The molecule has 158 valence electrons. The fourth-order valence-corrected chi connectivity index (χ4v) is 5.79. The van der Waals surface area contributed by atoms with Gasteiger partial charge < -0.3 is 15.4 Å². The lowest BCUT2D eigenvalue weighted by molar-refractivity contribution is 0.120. The molecule has 2 N–H and O–H groups in total. The van der Waals surface area contributed by atoms with E-state index in [2.05, 4.69) is 22.0 Å². The Morgan fingerprint density at radius 1 is 1.17 bits per heavy atom. The number of anilines is 1. The zero-order valence-electron chi connectivity index (χ0n) is 16.5. The van der Waals surface area contributed by atoms with Crippen molar-refractivity contribution >= 4 is 46.6 Å². The quantitative estimate of drug-likeness (QED) is 0.628. The minimum Gasteiger partial charge on any atom is -0.379 e. The summed E-state index contributed by atoms with van der Waals surface area (Å²) >= 11 is 14.0. The number of nitrogens with two attached hydrogens (primary N) is 1. The molecule has 1 atom stereocenters. The third-order valence-corrected chi connectivity index (χ3v) is 8.41. The van der Waals surface area contributed by atoms with E-state index in [9.17, 15) is 0 Å². The Morgan fingerprint density at radius 2 is 1.97 bits per heavy atom. The number of piperidine rings is 1. The highest BCUT2D eigenvalue weighted by Gasteiger charge is 2.52. The van der Waals surface area contributed by atoms with Crippen molar-refractivity contribution in [1.29, 1.82) is 0 Å². The van der Waals surface area contributed by atoms with Crippen LogP contribution < -0.4 is 10.6 Å². The number of fused-ring (bicyclic) bond motifs is 1. The Bertz CT molecular complexity index is 1100. The second-order valence-electron chi connectivity index (χ2n) is 8.28. The zero-order valence-corrected chi connectivity index (χ0v) is 18.8. The van der Waals surface area contributed by atoms with Crippen LogP contribution in [0.25, 0.3) is 5.65 Å². The van der Waals surface area contributed by atoms with Crippen LogP contribution in [0.1, 0.15) is 19.8 Å². The molecule has 1 aromatic carbocycles. The number of aromatic nitrogens is 4. The molecule has 2 aromatic heterocycles. The first kappa shape index (κ1) is 20.3. The highest BCUT2D eigenvalue weighted by molar-refractivity contribution is 7.99. The Labute approximate surface area is 188 Å². The number of ether oxygens (including phenoxy) is 1. The van der Waals surface area contributed by atoms with Crippen LogP contribution in [0.3, 0.4) is 0 Å². The summed E-state index contributed by atoms with van der Waals surface area (Å²) in [4.78, 5) is 8.75. The SMILES string of the molecule is CC1(N)COCC12CCN(c1ncc(Sc3cccc(Cl)c3Cl)c3nncn13)CC2. The fraction of sp³-hybridized carbons (Fsp3) is 0.450. The number of halogens is 2. The summed E-state index contributed by atoms with van der Waals surface area (Å²) in [6, 6.07) is 5.57. The molecule has 1 unspecified atom stereocenters. The van der Waals surface area contributed by atoms with Crippen LogP contribution in [-0.2, 0) is 4.74 Å². The second kappa shape index (κ2) is 7.53. The molecular weight excluding hydrogens is 443 g/mol. The number of nitrogens with zero attached hydrogens (tertiary/aromatic N) is 5. The van der Waals surface area contributed by atoms with E-state index >= 15 is 0 Å². The van der Waals surface area contributed by atoms with Crippen molar-refractivity contribution in [3.63, 3.8) is 0 Å². The lowest BCUT2D eigenvalue weighted by Crippen LogP contribution is -2.57. The minimum absolute atomic E-state index is 0.0366. The number of hydrogen-bond donors (Lipinski definition) is 1. The molecule has 2 aliphatic rings. The van der Waals surface area contributed by atoms with E-state index in [0.717, 1.165) is 53.9 Å². The normalized spacial score (nSPS) is 23.5. The van der Waals surface area contributed by atoms with Crippen LogP contribution in [-0.4, -0.2) is 51.4 Å². The lowest BCUT2D eigenvalue weighted by atomic mass is 9.67. The second-order valence-corrected chi connectivity index (χ2v) is 10.1. The molecule has 3 aromatic rings. The van der Waals surface area contributed by atoms with E-state index in [1.165, 1.54) is 11.8 Å². The molecule has 0 saturated carbocycles. The first-order chi connectivity index (χ1) is 14.4. The van der Waals surface area contributed by atoms with Crippen molar-refractivity contribution in [2.75, 3.05) is 31.2 Å². The van der Waals surface area contributed by atoms with E-state index < -0.39 is 0 Å². The molecule has 2 aliphatic heterocycles. The van der Waals surface area contributed by atoms with E-state index in [1.54, 1.807) is 12.4 Å². The Kier molecular flexibility index (Phi) is 5.10. The van der Waals surface area contributed by atoms with Crippen LogP contribution in [0.5, 0.6) is 0 Å². The third-order valence-electron chi connectivity index (χ3n) is 6.41. The summed E-state index contributed by atoms with van der Waals surface area (Å²) in [5.41, 5.74) is 7.05. The summed E-state index contributed by atoms with van der Waals surface area (Å²) in [5, 5.41) is 9.50. The van der Waals surface area contributed by atoms with Gasteiger partial charge >= 0.3 is 0 Å². The largest absolute Gasteiger partial charge is 0.379 e. The van der Waals surface area contributed by atoms with Gasteiger partial charge in [0, 0.05) is 35.1 Å². The molecule has 1 spiro atoms. The van der Waals surface area contributed by atoms with E-state index in [4.69, 9.17) is 38.7 Å². The maximum Gasteiger partial charge on any atom is 0.212 e. The summed E-state index contributed by atoms with van der Waals surface area (Å²) in [5.74, 6) is 0.837. The molecule has 5 rings (SSSR count). The molecule has 2 fully saturated rings. The van der Waals surface area contributed by atoms with Crippen LogP contribution in [0.15, 0.2) is 40.5 Å². The van der Waals surface area contributed by atoms with Gasteiger partial charge in [-0.1, -0.05) is 41.0 Å². The van der Waals surface area contributed by atoms with Crippen molar-refractivity contribution in [3.8, 4) is 0 Å². The van der Waals surface area contributed by atoms with Crippen molar-refractivity contribution in [1.82, 2.24) is 19.6 Å². The molecule has 2 saturated heterocycles. The maximum atomic E-state index is 6.55. The summed E-state index contributed by atoms with van der Waals surface area (Å²) in [6.07, 6.45) is 5.48. The van der Waals surface area contributed by atoms with Crippen molar-refractivity contribution in [2.24, 2.45) is 11.1 Å². The predicted molar refractivity (Wildman–Crippen MR) is 119 cm³/mol. The molecule has 0 amide bonds. The van der Waals surface area contributed by atoms with E-state index in [1.807, 2.05) is 22.7 Å². The molecule has 7 nitrogen and oxygen atoms in total. The first-order valence-electron chi connectivity index (χ1n) is 9.82. The predicted octanol–water partition coefficient (Wildman–Crippen LogP) is 3.92. The van der Waals surface area contributed by atoms with Crippen LogP contribution in [0.2, 0.25) is 10.0 Å². The monoisotopic (exact) mass is 464 g/mol. The van der Waals surface area contributed by atoms with Gasteiger partial charge in [-0.15, -0.1) is 10.2 Å².